The molecule has 0 heterocycles. The first-order valence-electron chi connectivity index (χ1n) is 2.10. The lowest BCUT2D eigenvalue weighted by molar-refractivity contribution is -0.00100. The first-order chi connectivity index (χ1) is 3.39. The van der Waals surface area contributed by atoms with E-state index in [1.807, 2.05) is 18.2 Å². The van der Waals surface area contributed by atoms with Crippen LogP contribution in [-0.2, 0) is 0 Å². The van der Waals surface area contributed by atoms with Gasteiger partial charge < -0.3 is 24.8 Å². The lowest BCUT2D eigenvalue weighted by Gasteiger charge is -1.80. The standard InChI is InChI=1S/C6H5I.2ClH/c7-6-4-2-1-3-5-6;;/h1-5H;2*1H/p-2. The van der Waals surface area contributed by atoms with Gasteiger partial charge in [-0.3, -0.25) is 0 Å². The predicted octanol–water partition coefficient (Wildman–Crippen LogP) is -3.70. The van der Waals surface area contributed by atoms with Crippen molar-refractivity contribution in [1.29, 1.82) is 0 Å². The summed E-state index contributed by atoms with van der Waals surface area (Å²) in [6.45, 7) is 0. The third-order valence-corrected chi connectivity index (χ3v) is 1.45. The van der Waals surface area contributed by atoms with Gasteiger partial charge in [-0.15, -0.1) is 0 Å². The molecule has 0 bridgehead atoms. The minimum absolute atomic E-state index is 0. The van der Waals surface area contributed by atoms with Gasteiger partial charge in [0.25, 0.3) is 0 Å². The van der Waals surface area contributed by atoms with Crippen molar-refractivity contribution in [2.75, 3.05) is 0 Å². The second kappa shape index (κ2) is 6.65. The molecule has 0 saturated heterocycles. The molecule has 0 spiro atoms. The van der Waals surface area contributed by atoms with Crippen LogP contribution in [0.25, 0.3) is 0 Å². The maximum atomic E-state index is 2.28. The molecule has 1 rings (SSSR count). The molecule has 0 unspecified atom stereocenters. The highest BCUT2D eigenvalue weighted by Crippen LogP contribution is 1.99. The first kappa shape index (κ1) is 12.2. The Kier molecular flexibility index (Phi) is 9.03. The Hall–Kier alpha value is 0.530. The lowest BCUT2D eigenvalue weighted by atomic mass is 10.4. The highest BCUT2D eigenvalue weighted by atomic mass is 127. The van der Waals surface area contributed by atoms with Crippen LogP contribution in [0.4, 0.5) is 0 Å². The maximum Gasteiger partial charge on any atom is 0.0130 e. The zero-order valence-corrected chi connectivity index (χ0v) is 8.19. The maximum absolute atomic E-state index is 2.28. The van der Waals surface area contributed by atoms with E-state index in [4.69, 9.17) is 0 Å². The van der Waals surface area contributed by atoms with E-state index in [1.54, 1.807) is 0 Å². The molecule has 0 N–H and O–H groups in total. The largest absolute Gasteiger partial charge is 1.00 e. The third-order valence-electron chi connectivity index (χ3n) is 0.733. The summed E-state index contributed by atoms with van der Waals surface area (Å²) < 4.78 is 1.29. The Morgan fingerprint density at radius 3 is 1.56 bits per heavy atom. The molecule has 0 amide bonds. The molecule has 1 aromatic carbocycles. The molecule has 1 aromatic rings. The molecule has 0 aliphatic carbocycles. The monoisotopic (exact) mass is 274 g/mol. The molecule has 0 aromatic heterocycles. The molecule has 0 nitrogen and oxygen atoms in total. The summed E-state index contributed by atoms with van der Waals surface area (Å²) in [4.78, 5) is 0. The fourth-order valence-corrected chi connectivity index (χ4v) is 0.830. The van der Waals surface area contributed by atoms with Gasteiger partial charge in [0, 0.05) is 3.57 Å². The van der Waals surface area contributed by atoms with Crippen molar-refractivity contribution in [2.24, 2.45) is 0 Å². The normalized spacial score (nSPS) is 6.78. The summed E-state index contributed by atoms with van der Waals surface area (Å²) >= 11 is 2.28. The van der Waals surface area contributed by atoms with Crippen LogP contribution in [0.1, 0.15) is 0 Å². The molecular weight excluding hydrogens is 270 g/mol. The summed E-state index contributed by atoms with van der Waals surface area (Å²) in [5.41, 5.74) is 0. The molecule has 0 aliphatic heterocycles. The topological polar surface area (TPSA) is 0 Å². The van der Waals surface area contributed by atoms with Crippen LogP contribution >= 0.6 is 22.6 Å². The van der Waals surface area contributed by atoms with E-state index in [0.717, 1.165) is 0 Å². The number of hydrogen-bond acceptors (Lipinski definition) is 0. The number of halogens is 3. The van der Waals surface area contributed by atoms with Crippen LogP contribution in [-0.4, -0.2) is 0 Å². The fraction of sp³-hybridized carbons (Fsp3) is 0. The molecule has 0 atom stereocenters. The molecule has 52 valence electrons. The lowest BCUT2D eigenvalue weighted by Crippen LogP contribution is -3.00. The molecule has 0 saturated carbocycles. The number of hydrogen-bond donors (Lipinski definition) is 0. The van der Waals surface area contributed by atoms with Crippen molar-refractivity contribution >= 4 is 22.6 Å². The van der Waals surface area contributed by atoms with Crippen molar-refractivity contribution in [1.82, 2.24) is 0 Å². The van der Waals surface area contributed by atoms with Gasteiger partial charge in [-0.25, -0.2) is 0 Å². The van der Waals surface area contributed by atoms with E-state index < -0.39 is 0 Å². The minimum atomic E-state index is 0. The zero-order valence-electron chi connectivity index (χ0n) is 4.52. The Balaban J connectivity index is 0. The van der Waals surface area contributed by atoms with E-state index in [0.29, 0.717) is 0 Å². The molecule has 0 radical (unpaired) electrons. The van der Waals surface area contributed by atoms with Gasteiger partial charge >= 0.3 is 0 Å². The van der Waals surface area contributed by atoms with E-state index in [9.17, 15) is 0 Å². The van der Waals surface area contributed by atoms with Crippen molar-refractivity contribution in [3.8, 4) is 0 Å². The van der Waals surface area contributed by atoms with E-state index in [1.165, 1.54) is 3.57 Å². The molecule has 0 aliphatic rings. The van der Waals surface area contributed by atoms with Gasteiger partial charge in [0.2, 0.25) is 0 Å². The van der Waals surface area contributed by atoms with Crippen LogP contribution in [0.5, 0.6) is 0 Å². The van der Waals surface area contributed by atoms with Crippen molar-refractivity contribution < 1.29 is 24.8 Å². The Morgan fingerprint density at radius 2 is 1.33 bits per heavy atom. The van der Waals surface area contributed by atoms with E-state index in [2.05, 4.69) is 34.7 Å². The SMILES string of the molecule is Ic1ccccc1.[Cl-].[Cl-]. The molecule has 3 heteroatoms. The van der Waals surface area contributed by atoms with Crippen LogP contribution in [0, 0.1) is 3.57 Å². The smallest absolute Gasteiger partial charge is 0.0130 e. The number of benzene rings is 1. The average Bonchev–Trinajstić information content (AvgIpc) is 1.69. The minimum Gasteiger partial charge on any atom is -1.00 e. The molecule has 0 fully saturated rings. The van der Waals surface area contributed by atoms with Crippen LogP contribution in [0.2, 0.25) is 0 Å². The Labute approximate surface area is 81.0 Å². The second-order valence-corrected chi connectivity index (χ2v) is 2.54. The summed E-state index contributed by atoms with van der Waals surface area (Å²) in [7, 11) is 0. The van der Waals surface area contributed by atoms with Crippen LogP contribution in [0.15, 0.2) is 30.3 Å². The number of rotatable bonds is 0. The van der Waals surface area contributed by atoms with Crippen LogP contribution in [0.3, 0.4) is 0 Å². The van der Waals surface area contributed by atoms with Gasteiger partial charge in [0.05, 0.1) is 0 Å². The zero-order chi connectivity index (χ0) is 5.11. The quantitative estimate of drug-likeness (QED) is 0.428. The molecular formula is C6H5Cl2I-2. The van der Waals surface area contributed by atoms with Crippen molar-refractivity contribution in [3.05, 3.63) is 33.9 Å². The van der Waals surface area contributed by atoms with Gasteiger partial charge in [-0.05, 0) is 34.7 Å². The van der Waals surface area contributed by atoms with Crippen molar-refractivity contribution in [2.45, 2.75) is 0 Å². The van der Waals surface area contributed by atoms with Crippen molar-refractivity contribution in [3.63, 3.8) is 0 Å². The average molecular weight is 275 g/mol. The Bertz CT molecular complexity index is 141. The van der Waals surface area contributed by atoms with Gasteiger partial charge in [-0.2, -0.15) is 0 Å². The van der Waals surface area contributed by atoms with Gasteiger partial charge in [0.15, 0.2) is 0 Å². The summed E-state index contributed by atoms with van der Waals surface area (Å²) in [6, 6.07) is 10.2. The molecule has 9 heavy (non-hydrogen) atoms. The van der Waals surface area contributed by atoms with E-state index in [-0.39, 0.29) is 24.8 Å². The van der Waals surface area contributed by atoms with Gasteiger partial charge in [-0.1, -0.05) is 18.2 Å². The van der Waals surface area contributed by atoms with E-state index >= 15 is 0 Å². The van der Waals surface area contributed by atoms with Gasteiger partial charge in [0.1, 0.15) is 0 Å². The Morgan fingerprint density at radius 1 is 0.889 bits per heavy atom. The fourth-order valence-electron chi connectivity index (χ4n) is 0.415. The summed E-state index contributed by atoms with van der Waals surface area (Å²) in [5, 5.41) is 0. The van der Waals surface area contributed by atoms with Crippen LogP contribution < -0.4 is 24.8 Å². The highest BCUT2D eigenvalue weighted by Gasteiger charge is 1.74. The summed E-state index contributed by atoms with van der Waals surface area (Å²) in [5.74, 6) is 0. The second-order valence-electron chi connectivity index (χ2n) is 1.30. The first-order valence-corrected chi connectivity index (χ1v) is 3.18. The highest BCUT2D eigenvalue weighted by molar-refractivity contribution is 14.1. The predicted molar refractivity (Wildman–Crippen MR) is 39.2 cm³/mol. The summed E-state index contributed by atoms with van der Waals surface area (Å²) in [6.07, 6.45) is 0. The third kappa shape index (κ3) is 5.00.